The summed E-state index contributed by atoms with van der Waals surface area (Å²) in [5, 5.41) is 14.2. The summed E-state index contributed by atoms with van der Waals surface area (Å²) in [6.45, 7) is -0.373. The lowest BCUT2D eigenvalue weighted by Gasteiger charge is -2.08. The molecule has 0 aliphatic heterocycles. The van der Waals surface area contributed by atoms with E-state index in [1.807, 2.05) is 0 Å². The number of halogens is 2. The highest BCUT2D eigenvalue weighted by atomic mass is 19.1. The fourth-order valence-corrected chi connectivity index (χ4v) is 2.82. The van der Waals surface area contributed by atoms with Crippen LogP contribution in [0.1, 0.15) is 5.56 Å². The fourth-order valence-electron chi connectivity index (χ4n) is 2.82. The molecule has 4 aromatic rings. The van der Waals surface area contributed by atoms with E-state index in [-0.39, 0.29) is 12.1 Å². The summed E-state index contributed by atoms with van der Waals surface area (Å²) >= 11 is 0. The molecule has 0 saturated carbocycles. The number of nitrogens with zero attached hydrogens (tertiary/aromatic N) is 5. The monoisotopic (exact) mass is 384 g/mol. The summed E-state index contributed by atoms with van der Waals surface area (Å²) in [7, 11) is 1.50. The first-order chi connectivity index (χ1) is 13.6. The molecule has 0 fully saturated rings. The van der Waals surface area contributed by atoms with Crippen LogP contribution < -0.4 is 10.4 Å². The average molecular weight is 384 g/mol. The van der Waals surface area contributed by atoms with Crippen LogP contribution >= 0.6 is 0 Å². The number of ether oxygens (including phenoxy) is 1. The van der Waals surface area contributed by atoms with E-state index >= 15 is 0 Å². The second-order valence-electron chi connectivity index (χ2n) is 5.90. The minimum absolute atomic E-state index is 0.260. The third-order valence-electron chi connectivity index (χ3n) is 4.25. The molecule has 142 valence electrons. The van der Waals surface area contributed by atoms with Crippen molar-refractivity contribution in [2.75, 3.05) is 7.11 Å². The van der Waals surface area contributed by atoms with Crippen molar-refractivity contribution in [3.05, 3.63) is 76.5 Å². The van der Waals surface area contributed by atoms with Crippen LogP contribution in [0, 0.1) is 11.6 Å². The lowest BCUT2D eigenvalue weighted by atomic mass is 10.1. The Morgan fingerprint density at radius 2 is 1.93 bits per heavy atom. The van der Waals surface area contributed by atoms with Crippen LogP contribution in [-0.4, -0.2) is 37.1 Å². The van der Waals surface area contributed by atoms with Gasteiger partial charge in [0.2, 0.25) is 0 Å². The molecule has 0 aliphatic carbocycles. The number of aromatic amines is 1. The third-order valence-corrected chi connectivity index (χ3v) is 4.25. The first kappa shape index (κ1) is 17.6. The van der Waals surface area contributed by atoms with Crippen molar-refractivity contribution in [2.45, 2.75) is 6.54 Å². The van der Waals surface area contributed by atoms with E-state index in [4.69, 9.17) is 4.74 Å². The lowest BCUT2D eigenvalue weighted by molar-refractivity contribution is 0.416. The predicted octanol–water partition coefficient (Wildman–Crippen LogP) is 2.15. The summed E-state index contributed by atoms with van der Waals surface area (Å²) in [5.74, 6) is -1.01. The van der Waals surface area contributed by atoms with Crippen LogP contribution in [0.25, 0.3) is 16.8 Å². The Morgan fingerprint density at radius 3 is 2.61 bits per heavy atom. The summed E-state index contributed by atoms with van der Waals surface area (Å²) in [4.78, 5) is 12.6. The number of hydrogen-bond acceptors (Lipinski definition) is 5. The molecular formula is C18H14F2N6O2. The van der Waals surface area contributed by atoms with Crippen molar-refractivity contribution in [2.24, 2.45) is 0 Å². The molecule has 28 heavy (non-hydrogen) atoms. The average Bonchev–Trinajstić information content (AvgIpc) is 3.35. The van der Waals surface area contributed by atoms with Crippen LogP contribution in [-0.2, 0) is 6.54 Å². The zero-order valence-corrected chi connectivity index (χ0v) is 14.6. The fraction of sp³-hybridized carbons (Fsp3) is 0.111. The van der Waals surface area contributed by atoms with Gasteiger partial charge in [0.15, 0.2) is 0 Å². The Balaban J connectivity index is 1.71. The molecule has 0 amide bonds. The number of hydrogen-bond donors (Lipinski definition) is 1. The van der Waals surface area contributed by atoms with Crippen LogP contribution in [0.2, 0.25) is 0 Å². The van der Waals surface area contributed by atoms with Gasteiger partial charge in [-0.25, -0.2) is 13.6 Å². The Morgan fingerprint density at radius 1 is 1.14 bits per heavy atom. The standard InChI is InChI=1S/C18H14F2N6O2/c1-28-17-7-12(5-6-13(17)11-8-21-22-9-11)26-18(27)25(23-24-26)10-14-15(19)3-2-4-16(14)20/h2-9H,10H2,1H3,(H,21,22). The molecule has 0 saturated heterocycles. The lowest BCUT2D eigenvalue weighted by Crippen LogP contribution is -2.25. The first-order valence-electron chi connectivity index (χ1n) is 8.21. The maximum absolute atomic E-state index is 13.8. The van der Waals surface area contributed by atoms with E-state index in [9.17, 15) is 13.6 Å². The predicted molar refractivity (Wildman–Crippen MR) is 95.2 cm³/mol. The normalized spacial score (nSPS) is 11.0. The third kappa shape index (κ3) is 3.04. The SMILES string of the molecule is COc1cc(-n2nnn(Cc3c(F)cccc3F)c2=O)ccc1-c1cn[nH]c1. The Kier molecular flexibility index (Phi) is 4.44. The van der Waals surface area contributed by atoms with Gasteiger partial charge in [0.1, 0.15) is 17.4 Å². The zero-order valence-electron chi connectivity index (χ0n) is 14.6. The molecule has 10 heteroatoms. The van der Waals surface area contributed by atoms with Gasteiger partial charge < -0.3 is 4.74 Å². The largest absolute Gasteiger partial charge is 0.496 e. The highest BCUT2D eigenvalue weighted by Crippen LogP contribution is 2.30. The second kappa shape index (κ2) is 7.06. The van der Waals surface area contributed by atoms with Crippen LogP contribution in [0.4, 0.5) is 8.78 Å². The smallest absolute Gasteiger partial charge is 0.368 e. The number of nitrogens with one attached hydrogen (secondary N) is 1. The van der Waals surface area contributed by atoms with Gasteiger partial charge in [-0.05, 0) is 34.7 Å². The maximum atomic E-state index is 13.8. The number of H-pyrrole nitrogens is 1. The molecule has 0 unspecified atom stereocenters. The molecule has 1 N–H and O–H groups in total. The number of tetrazole rings is 1. The van der Waals surface area contributed by atoms with E-state index in [1.165, 1.54) is 13.2 Å². The quantitative estimate of drug-likeness (QED) is 0.569. The van der Waals surface area contributed by atoms with Crippen molar-refractivity contribution in [3.8, 4) is 22.6 Å². The molecule has 0 bridgehead atoms. The van der Waals surface area contributed by atoms with E-state index in [0.29, 0.717) is 11.4 Å². The van der Waals surface area contributed by atoms with Gasteiger partial charge in [0.05, 0.1) is 25.5 Å². The second-order valence-corrected chi connectivity index (χ2v) is 5.90. The highest BCUT2D eigenvalue weighted by Gasteiger charge is 2.16. The molecule has 0 spiro atoms. The van der Waals surface area contributed by atoms with Gasteiger partial charge in [-0.1, -0.05) is 6.07 Å². The highest BCUT2D eigenvalue weighted by molar-refractivity contribution is 5.70. The summed E-state index contributed by atoms with van der Waals surface area (Å²) in [6, 6.07) is 8.52. The number of methoxy groups -OCH3 is 1. The molecule has 8 nitrogen and oxygen atoms in total. The number of benzene rings is 2. The first-order valence-corrected chi connectivity index (χ1v) is 8.21. The van der Waals surface area contributed by atoms with Gasteiger partial charge in [-0.3, -0.25) is 5.10 Å². The molecule has 0 aliphatic rings. The van der Waals surface area contributed by atoms with Crippen LogP contribution in [0.3, 0.4) is 0 Å². The Hall–Kier alpha value is -3.82. The summed E-state index contributed by atoms with van der Waals surface area (Å²) < 4.78 is 35.0. The van der Waals surface area contributed by atoms with Crippen molar-refractivity contribution in [1.29, 1.82) is 0 Å². The Labute approximate surface area is 157 Å². The van der Waals surface area contributed by atoms with Gasteiger partial charge >= 0.3 is 5.69 Å². The van der Waals surface area contributed by atoms with E-state index in [0.717, 1.165) is 32.6 Å². The number of aromatic nitrogens is 6. The summed E-state index contributed by atoms with van der Waals surface area (Å²) in [6.07, 6.45) is 3.35. The van der Waals surface area contributed by atoms with E-state index < -0.39 is 17.3 Å². The zero-order chi connectivity index (χ0) is 19.7. The molecule has 4 rings (SSSR count). The number of rotatable bonds is 5. The van der Waals surface area contributed by atoms with Gasteiger partial charge in [-0.15, -0.1) is 0 Å². The van der Waals surface area contributed by atoms with Gasteiger partial charge in [0, 0.05) is 29.0 Å². The van der Waals surface area contributed by atoms with Crippen molar-refractivity contribution >= 4 is 0 Å². The summed E-state index contributed by atoms with van der Waals surface area (Å²) in [5.41, 5.74) is 1.09. The molecule has 2 aromatic heterocycles. The minimum atomic E-state index is -0.757. The van der Waals surface area contributed by atoms with Gasteiger partial charge in [0.25, 0.3) is 0 Å². The van der Waals surface area contributed by atoms with E-state index in [1.54, 1.807) is 30.6 Å². The maximum Gasteiger partial charge on any atom is 0.368 e. The molecule has 2 heterocycles. The molecule has 2 aromatic carbocycles. The topological polar surface area (TPSA) is 90.6 Å². The van der Waals surface area contributed by atoms with Crippen molar-refractivity contribution in [1.82, 2.24) is 30.0 Å². The van der Waals surface area contributed by atoms with Gasteiger partial charge in [-0.2, -0.15) is 14.5 Å². The van der Waals surface area contributed by atoms with Crippen molar-refractivity contribution in [3.63, 3.8) is 0 Å². The minimum Gasteiger partial charge on any atom is -0.496 e. The van der Waals surface area contributed by atoms with Crippen molar-refractivity contribution < 1.29 is 13.5 Å². The molecular weight excluding hydrogens is 370 g/mol. The Bertz CT molecular complexity index is 1160. The van der Waals surface area contributed by atoms with Crippen LogP contribution in [0.5, 0.6) is 5.75 Å². The van der Waals surface area contributed by atoms with Crippen LogP contribution in [0.15, 0.2) is 53.6 Å². The molecule has 0 atom stereocenters. The van der Waals surface area contributed by atoms with E-state index in [2.05, 4.69) is 20.6 Å². The molecule has 0 radical (unpaired) electrons.